The largest absolute Gasteiger partial charge is 0.354 e. The van der Waals surface area contributed by atoms with Gasteiger partial charge in [0.25, 0.3) is 5.91 Å². The molecular weight excluding hydrogens is 464 g/mol. The highest BCUT2D eigenvalue weighted by atomic mass is 32.2. The Morgan fingerprint density at radius 2 is 1.47 bits per heavy atom. The number of hydrogen-bond acceptors (Lipinski definition) is 3. The van der Waals surface area contributed by atoms with Crippen LogP contribution < -0.4 is 5.32 Å². The Morgan fingerprint density at radius 3 is 2.03 bits per heavy atom. The molecule has 0 radical (unpaired) electrons. The van der Waals surface area contributed by atoms with E-state index >= 15 is 0 Å². The Morgan fingerprint density at radius 1 is 0.917 bits per heavy atom. The third kappa shape index (κ3) is 5.84. The van der Waals surface area contributed by atoms with Crippen molar-refractivity contribution < 1.29 is 9.59 Å². The first-order valence-corrected chi connectivity index (χ1v) is 13.7. The number of aryl methyl sites for hydroxylation is 1. The van der Waals surface area contributed by atoms with E-state index in [2.05, 4.69) is 74.6 Å². The molecule has 1 N–H and O–H groups in total. The summed E-state index contributed by atoms with van der Waals surface area (Å²) in [6.45, 7) is 8.89. The van der Waals surface area contributed by atoms with Crippen molar-refractivity contribution in [1.29, 1.82) is 0 Å². The third-order valence-electron chi connectivity index (χ3n) is 6.79. The lowest BCUT2D eigenvalue weighted by Crippen LogP contribution is -2.52. The molecule has 0 aliphatic carbocycles. The van der Waals surface area contributed by atoms with Crippen molar-refractivity contribution in [2.45, 2.75) is 51.4 Å². The fraction of sp³-hybridized carbons (Fsp3) is 0.355. The molecule has 2 atom stereocenters. The van der Waals surface area contributed by atoms with E-state index in [1.165, 1.54) is 11.1 Å². The van der Waals surface area contributed by atoms with Crippen molar-refractivity contribution in [2.75, 3.05) is 12.3 Å². The summed E-state index contributed by atoms with van der Waals surface area (Å²) in [4.78, 5) is 29.0. The van der Waals surface area contributed by atoms with E-state index in [-0.39, 0.29) is 28.5 Å². The highest BCUT2D eigenvalue weighted by Gasteiger charge is 2.46. The van der Waals surface area contributed by atoms with Gasteiger partial charge in [-0.15, -0.1) is 11.8 Å². The monoisotopic (exact) mass is 500 g/mol. The van der Waals surface area contributed by atoms with Crippen LogP contribution in [0.15, 0.2) is 84.9 Å². The van der Waals surface area contributed by atoms with Crippen molar-refractivity contribution >= 4 is 23.6 Å². The van der Waals surface area contributed by atoms with Crippen LogP contribution in [0.1, 0.15) is 60.2 Å². The van der Waals surface area contributed by atoms with Crippen LogP contribution in [0.4, 0.5) is 0 Å². The Hall–Kier alpha value is -3.05. The maximum atomic E-state index is 13.7. The minimum Gasteiger partial charge on any atom is -0.354 e. The molecule has 4 rings (SSSR count). The summed E-state index contributed by atoms with van der Waals surface area (Å²) in [7, 11) is 0. The molecule has 3 aromatic carbocycles. The maximum absolute atomic E-state index is 13.7. The van der Waals surface area contributed by atoms with Gasteiger partial charge in [0.1, 0.15) is 6.04 Å². The first kappa shape index (κ1) is 26.0. The number of hydrogen-bond donors (Lipinski definition) is 1. The number of rotatable bonds is 7. The molecule has 1 aliphatic rings. The van der Waals surface area contributed by atoms with Gasteiger partial charge in [0.05, 0.1) is 5.37 Å². The second kappa shape index (κ2) is 11.3. The van der Waals surface area contributed by atoms with Crippen molar-refractivity contribution in [3.05, 3.63) is 107 Å². The van der Waals surface area contributed by atoms with Gasteiger partial charge in [0.2, 0.25) is 5.91 Å². The first-order chi connectivity index (χ1) is 17.3. The number of benzene rings is 3. The van der Waals surface area contributed by atoms with Crippen LogP contribution in [0.25, 0.3) is 0 Å². The van der Waals surface area contributed by atoms with E-state index in [0.29, 0.717) is 17.9 Å². The first-order valence-electron chi connectivity index (χ1n) is 12.6. The topological polar surface area (TPSA) is 49.4 Å². The van der Waals surface area contributed by atoms with Crippen molar-refractivity contribution in [1.82, 2.24) is 10.2 Å². The summed E-state index contributed by atoms with van der Waals surface area (Å²) in [6, 6.07) is 28.0. The molecule has 36 heavy (non-hydrogen) atoms. The summed E-state index contributed by atoms with van der Waals surface area (Å²) < 4.78 is 0. The molecule has 4 nitrogen and oxygen atoms in total. The molecule has 5 heteroatoms. The molecule has 0 bridgehead atoms. The number of carbonyl (C=O) groups excluding carboxylic acids is 2. The van der Waals surface area contributed by atoms with Crippen molar-refractivity contribution in [3.8, 4) is 0 Å². The van der Waals surface area contributed by atoms with Crippen molar-refractivity contribution in [3.63, 3.8) is 0 Å². The van der Waals surface area contributed by atoms with Gasteiger partial charge >= 0.3 is 0 Å². The number of thioether (sulfide) groups is 1. The fourth-order valence-corrected chi connectivity index (χ4v) is 6.51. The lowest BCUT2D eigenvalue weighted by molar-refractivity contribution is -0.125. The molecule has 1 fully saturated rings. The number of carbonyl (C=O) groups is 2. The van der Waals surface area contributed by atoms with Gasteiger partial charge in [-0.05, 0) is 41.5 Å². The zero-order valence-corrected chi connectivity index (χ0v) is 22.4. The number of nitrogens with one attached hydrogen (secondary N) is 1. The molecule has 0 spiro atoms. The fourth-order valence-electron chi connectivity index (χ4n) is 4.93. The predicted molar refractivity (Wildman–Crippen MR) is 149 cm³/mol. The van der Waals surface area contributed by atoms with E-state index in [1.54, 1.807) is 11.8 Å². The molecule has 1 aliphatic heterocycles. The Labute approximate surface area is 219 Å². The van der Waals surface area contributed by atoms with E-state index in [0.717, 1.165) is 12.0 Å². The Kier molecular flexibility index (Phi) is 8.20. The third-order valence-corrected chi connectivity index (χ3v) is 8.55. The van der Waals surface area contributed by atoms with Crippen LogP contribution >= 0.6 is 11.8 Å². The normalized spacial score (nSPS) is 17.9. The summed E-state index contributed by atoms with van der Waals surface area (Å²) in [5.41, 5.74) is 3.92. The Balaban J connectivity index is 1.50. The molecule has 1 saturated heterocycles. The van der Waals surface area contributed by atoms with Gasteiger partial charge in [0, 0.05) is 23.8 Å². The molecule has 188 valence electrons. The van der Waals surface area contributed by atoms with Gasteiger partial charge in [-0.1, -0.05) is 99.6 Å². The van der Waals surface area contributed by atoms with Gasteiger partial charge in [0.15, 0.2) is 0 Å². The molecule has 0 saturated carbocycles. The minimum atomic E-state index is -0.488. The zero-order valence-electron chi connectivity index (χ0n) is 21.6. The van der Waals surface area contributed by atoms with Gasteiger partial charge in [-0.3, -0.25) is 9.59 Å². The van der Waals surface area contributed by atoms with Crippen LogP contribution in [0, 0.1) is 12.3 Å². The Bertz CT molecular complexity index is 1130. The van der Waals surface area contributed by atoms with E-state index < -0.39 is 6.04 Å². The van der Waals surface area contributed by atoms with Crippen molar-refractivity contribution in [2.24, 2.45) is 5.41 Å². The molecule has 3 aromatic rings. The zero-order chi connectivity index (χ0) is 25.7. The lowest BCUT2D eigenvalue weighted by Gasteiger charge is -2.36. The summed E-state index contributed by atoms with van der Waals surface area (Å²) >= 11 is 1.70. The summed E-state index contributed by atoms with van der Waals surface area (Å²) in [5, 5.41) is 3.10. The summed E-state index contributed by atoms with van der Waals surface area (Å²) in [6.07, 6.45) is 0.786. The van der Waals surface area contributed by atoms with Gasteiger partial charge in [-0.25, -0.2) is 0 Å². The highest BCUT2D eigenvalue weighted by Crippen LogP contribution is 2.41. The molecule has 2 amide bonds. The summed E-state index contributed by atoms with van der Waals surface area (Å²) in [5.74, 6) is 0.657. The van der Waals surface area contributed by atoms with Crippen LogP contribution in [0.2, 0.25) is 0 Å². The average molecular weight is 501 g/mol. The maximum Gasteiger partial charge on any atom is 0.255 e. The molecule has 0 aromatic heterocycles. The van der Waals surface area contributed by atoms with E-state index in [9.17, 15) is 9.59 Å². The van der Waals surface area contributed by atoms with Crippen LogP contribution in [-0.2, 0) is 4.79 Å². The molecule has 2 unspecified atom stereocenters. The molecule has 1 heterocycles. The lowest BCUT2D eigenvalue weighted by atomic mass is 9.88. The minimum absolute atomic E-state index is 0.0652. The standard InChI is InChI=1S/C31H36N2O2S/c1-22-13-11-12-18-25(22)29(35)33-27(21-36-30(33)31(2,3)4)28(34)32-20-19-26(23-14-7-5-8-15-23)24-16-9-6-10-17-24/h5-18,26-27,30H,19-21H2,1-4H3,(H,32,34). The van der Waals surface area contributed by atoms with Gasteiger partial charge < -0.3 is 10.2 Å². The van der Waals surface area contributed by atoms with Crippen LogP contribution in [0.5, 0.6) is 0 Å². The molecular formula is C31H36N2O2S. The second-order valence-electron chi connectivity index (χ2n) is 10.5. The second-order valence-corrected chi connectivity index (χ2v) is 11.7. The highest BCUT2D eigenvalue weighted by molar-refractivity contribution is 8.00. The average Bonchev–Trinajstić information content (AvgIpc) is 3.34. The predicted octanol–water partition coefficient (Wildman–Crippen LogP) is 6.26. The van der Waals surface area contributed by atoms with Crippen LogP contribution in [-0.4, -0.2) is 40.4 Å². The smallest absolute Gasteiger partial charge is 0.255 e. The SMILES string of the molecule is Cc1ccccc1C(=O)N1C(C(=O)NCCC(c2ccccc2)c2ccccc2)CSC1C(C)(C)C. The number of nitrogens with zero attached hydrogens (tertiary/aromatic N) is 1. The number of amides is 2. The van der Waals surface area contributed by atoms with E-state index in [4.69, 9.17) is 0 Å². The quantitative estimate of drug-likeness (QED) is 0.416. The van der Waals surface area contributed by atoms with E-state index in [1.807, 2.05) is 48.2 Å². The van der Waals surface area contributed by atoms with Gasteiger partial charge in [-0.2, -0.15) is 0 Å². The van der Waals surface area contributed by atoms with Crippen LogP contribution in [0.3, 0.4) is 0 Å².